The number of hydrogen-bond acceptors (Lipinski definition) is 6. The van der Waals surface area contributed by atoms with Crippen LogP contribution >= 0.6 is 23.7 Å². The SMILES string of the molecule is Cl.Oc1ccc(C=Cc2cnc(Nc3cccc(OCCN4CCCC4)c3)s2)cc1. The molecule has 7 heteroatoms. The standard InChI is InChI=1S/C23H25N3O2S.ClH/c27-20-9-6-18(7-10-20)8-11-22-17-24-23(29-22)25-19-4-3-5-21(16-19)28-15-14-26-12-1-2-13-26;/h3-11,16-17,27H,1-2,12-15H2,(H,24,25);1H. The van der Waals surface area contributed by atoms with Crippen LogP contribution in [-0.2, 0) is 0 Å². The van der Waals surface area contributed by atoms with Crippen LogP contribution < -0.4 is 10.1 Å². The van der Waals surface area contributed by atoms with Gasteiger partial charge in [-0.05, 0) is 61.8 Å². The van der Waals surface area contributed by atoms with Crippen molar-refractivity contribution in [1.29, 1.82) is 0 Å². The Bertz CT molecular complexity index is 953. The number of anilines is 2. The van der Waals surface area contributed by atoms with Crippen molar-refractivity contribution in [2.24, 2.45) is 0 Å². The first kappa shape index (κ1) is 22.2. The number of aromatic nitrogens is 1. The van der Waals surface area contributed by atoms with Crippen LogP contribution in [0.15, 0.2) is 54.7 Å². The molecule has 0 radical (unpaired) electrons. The highest BCUT2D eigenvalue weighted by Gasteiger charge is 2.10. The molecule has 1 aromatic heterocycles. The molecule has 1 aliphatic heterocycles. The van der Waals surface area contributed by atoms with Crippen molar-refractivity contribution < 1.29 is 9.84 Å². The third-order valence-corrected chi connectivity index (χ3v) is 5.69. The van der Waals surface area contributed by atoms with E-state index in [9.17, 15) is 5.11 Å². The van der Waals surface area contributed by atoms with Gasteiger partial charge in [-0.25, -0.2) is 4.98 Å². The van der Waals surface area contributed by atoms with Gasteiger partial charge in [0.05, 0.1) is 0 Å². The molecule has 4 rings (SSSR count). The lowest BCUT2D eigenvalue weighted by atomic mass is 10.2. The second-order valence-electron chi connectivity index (χ2n) is 7.04. The van der Waals surface area contributed by atoms with Crippen molar-refractivity contribution in [3.63, 3.8) is 0 Å². The van der Waals surface area contributed by atoms with Crippen molar-refractivity contribution in [2.75, 3.05) is 31.6 Å². The zero-order chi connectivity index (χ0) is 19.9. The highest BCUT2D eigenvalue weighted by Crippen LogP contribution is 2.26. The molecule has 0 aliphatic carbocycles. The van der Waals surface area contributed by atoms with Crippen molar-refractivity contribution >= 4 is 46.7 Å². The lowest BCUT2D eigenvalue weighted by molar-refractivity contribution is 0.238. The smallest absolute Gasteiger partial charge is 0.187 e. The van der Waals surface area contributed by atoms with E-state index in [-0.39, 0.29) is 18.2 Å². The number of nitrogens with zero attached hydrogens (tertiary/aromatic N) is 2. The van der Waals surface area contributed by atoms with Crippen molar-refractivity contribution in [2.45, 2.75) is 12.8 Å². The summed E-state index contributed by atoms with van der Waals surface area (Å²) in [6.45, 7) is 4.09. The predicted octanol–water partition coefficient (Wildman–Crippen LogP) is 5.66. The largest absolute Gasteiger partial charge is 0.508 e. The van der Waals surface area contributed by atoms with Gasteiger partial charge in [-0.1, -0.05) is 35.6 Å². The summed E-state index contributed by atoms with van der Waals surface area (Å²) < 4.78 is 5.92. The Morgan fingerprint density at radius 2 is 1.90 bits per heavy atom. The summed E-state index contributed by atoms with van der Waals surface area (Å²) in [5.74, 6) is 1.15. The zero-order valence-electron chi connectivity index (χ0n) is 16.7. The minimum Gasteiger partial charge on any atom is -0.508 e. The molecule has 0 atom stereocenters. The Labute approximate surface area is 187 Å². The van der Waals surface area contributed by atoms with Gasteiger partial charge in [-0.2, -0.15) is 0 Å². The van der Waals surface area contributed by atoms with Gasteiger partial charge in [-0.15, -0.1) is 12.4 Å². The summed E-state index contributed by atoms with van der Waals surface area (Å²) in [5, 5.41) is 13.5. The van der Waals surface area contributed by atoms with Crippen LogP contribution in [0.1, 0.15) is 23.3 Å². The Balaban J connectivity index is 0.00000256. The molecule has 1 saturated heterocycles. The number of rotatable bonds is 8. The molecule has 5 nitrogen and oxygen atoms in total. The van der Waals surface area contributed by atoms with E-state index in [1.165, 1.54) is 25.9 Å². The van der Waals surface area contributed by atoms with Gasteiger partial charge in [0.15, 0.2) is 5.13 Å². The van der Waals surface area contributed by atoms with Crippen LogP contribution in [0.5, 0.6) is 11.5 Å². The molecule has 30 heavy (non-hydrogen) atoms. The summed E-state index contributed by atoms with van der Waals surface area (Å²) >= 11 is 1.58. The predicted molar refractivity (Wildman–Crippen MR) is 127 cm³/mol. The lowest BCUT2D eigenvalue weighted by Gasteiger charge is -2.15. The zero-order valence-corrected chi connectivity index (χ0v) is 18.3. The average molecular weight is 444 g/mol. The lowest BCUT2D eigenvalue weighted by Crippen LogP contribution is -2.25. The average Bonchev–Trinajstić information content (AvgIpc) is 3.40. The van der Waals surface area contributed by atoms with Gasteiger partial charge < -0.3 is 15.2 Å². The quantitative estimate of drug-likeness (QED) is 0.470. The van der Waals surface area contributed by atoms with E-state index < -0.39 is 0 Å². The van der Waals surface area contributed by atoms with Crippen molar-refractivity contribution in [3.05, 3.63) is 65.2 Å². The molecule has 1 aliphatic rings. The van der Waals surface area contributed by atoms with Crippen LogP contribution in [0, 0.1) is 0 Å². The number of nitrogens with one attached hydrogen (secondary N) is 1. The summed E-state index contributed by atoms with van der Waals surface area (Å²) in [7, 11) is 0. The number of halogens is 1. The van der Waals surface area contributed by atoms with Crippen LogP contribution in [-0.4, -0.2) is 41.2 Å². The van der Waals surface area contributed by atoms with Gasteiger partial charge in [0, 0.05) is 29.4 Å². The Morgan fingerprint density at radius 3 is 2.70 bits per heavy atom. The molecule has 3 aromatic rings. The van der Waals surface area contributed by atoms with E-state index in [4.69, 9.17) is 4.74 Å². The number of phenolic OH excluding ortho intramolecular Hbond substituents is 1. The van der Waals surface area contributed by atoms with Crippen LogP contribution in [0.4, 0.5) is 10.8 Å². The van der Waals surface area contributed by atoms with E-state index in [1.54, 1.807) is 23.5 Å². The summed E-state index contributed by atoms with van der Waals surface area (Å²) in [6.07, 6.45) is 8.48. The minimum absolute atomic E-state index is 0. The fourth-order valence-electron chi connectivity index (χ4n) is 3.27. The normalized spacial score (nSPS) is 14.0. The second-order valence-corrected chi connectivity index (χ2v) is 8.10. The maximum atomic E-state index is 9.35. The number of aromatic hydroxyl groups is 1. The second kappa shape index (κ2) is 11.0. The van der Waals surface area contributed by atoms with Crippen LogP contribution in [0.25, 0.3) is 12.2 Å². The number of thiazole rings is 1. The first-order chi connectivity index (χ1) is 14.2. The number of phenols is 1. The van der Waals surface area contributed by atoms with Crippen LogP contribution in [0.3, 0.4) is 0 Å². The summed E-state index contributed by atoms with van der Waals surface area (Å²) in [4.78, 5) is 7.95. The third-order valence-electron chi connectivity index (χ3n) is 4.82. The fourth-order valence-corrected chi connectivity index (χ4v) is 4.01. The Morgan fingerprint density at radius 1 is 1.10 bits per heavy atom. The molecule has 0 spiro atoms. The molecule has 2 heterocycles. The summed E-state index contributed by atoms with van der Waals surface area (Å²) in [6, 6.07) is 15.1. The molecule has 158 valence electrons. The molecule has 2 aromatic carbocycles. The van der Waals surface area contributed by atoms with Gasteiger partial charge >= 0.3 is 0 Å². The maximum Gasteiger partial charge on any atom is 0.187 e. The highest BCUT2D eigenvalue weighted by atomic mass is 35.5. The number of ether oxygens (including phenoxy) is 1. The number of benzene rings is 2. The van der Waals surface area contributed by atoms with E-state index in [2.05, 4.69) is 15.2 Å². The molecule has 1 fully saturated rings. The van der Waals surface area contributed by atoms with Gasteiger partial charge in [-0.3, -0.25) is 4.90 Å². The minimum atomic E-state index is 0. The molecular weight excluding hydrogens is 418 g/mol. The number of likely N-dealkylation sites (tertiary alicyclic amines) is 1. The topological polar surface area (TPSA) is 57.6 Å². The van der Waals surface area contributed by atoms with Gasteiger partial charge in [0.25, 0.3) is 0 Å². The van der Waals surface area contributed by atoms with Crippen LogP contribution in [0.2, 0.25) is 0 Å². The highest BCUT2D eigenvalue weighted by molar-refractivity contribution is 7.16. The monoisotopic (exact) mass is 443 g/mol. The summed E-state index contributed by atoms with van der Waals surface area (Å²) in [5.41, 5.74) is 2.00. The molecule has 0 amide bonds. The van der Waals surface area contributed by atoms with Crippen molar-refractivity contribution in [3.8, 4) is 11.5 Å². The fraction of sp³-hybridized carbons (Fsp3) is 0.261. The third kappa shape index (κ3) is 6.49. The molecule has 0 bridgehead atoms. The molecule has 0 saturated carbocycles. The van der Waals surface area contributed by atoms with E-state index in [0.29, 0.717) is 6.61 Å². The first-order valence-corrected chi connectivity index (χ1v) is 10.7. The van der Waals surface area contributed by atoms with Crippen molar-refractivity contribution in [1.82, 2.24) is 9.88 Å². The van der Waals surface area contributed by atoms with E-state index in [1.807, 2.05) is 54.7 Å². The maximum absolute atomic E-state index is 9.35. The molecule has 2 N–H and O–H groups in total. The molecule has 0 unspecified atom stereocenters. The first-order valence-electron chi connectivity index (χ1n) is 9.90. The Hall–Kier alpha value is -2.54. The van der Waals surface area contributed by atoms with E-state index >= 15 is 0 Å². The van der Waals surface area contributed by atoms with Gasteiger partial charge in [0.1, 0.15) is 18.1 Å². The number of hydrogen-bond donors (Lipinski definition) is 2. The molecular formula is C23H26ClN3O2S. The van der Waals surface area contributed by atoms with E-state index in [0.717, 1.165) is 33.6 Å². The van der Waals surface area contributed by atoms with Gasteiger partial charge in [0.2, 0.25) is 0 Å². The Kier molecular flexibility index (Phi) is 8.13.